The number of hydrogen-bond acceptors (Lipinski definition) is 5. The summed E-state index contributed by atoms with van der Waals surface area (Å²) in [6, 6.07) is -0.500. The van der Waals surface area contributed by atoms with Crippen LogP contribution in [0, 0.1) is 11.8 Å². The standard InChI is InChI=1S/C30H49N3O4S/c1-6-14-22(5)32(19-9-4)29(37)26-30-16-15-23(38-30)24(27(35)31(17-7-2)18-8-3)25(30)28(36)33(26)20-12-10-11-13-21-34/h7,9,22-26,34H,2,4,6,8,10-21H2,1,3,5H3/t22?,23-,24+,25+,26?,30?/m1/s1. The number of carbonyl (C=O) groups excluding carboxylic acids is 3. The van der Waals surface area contributed by atoms with Crippen molar-refractivity contribution in [3.05, 3.63) is 25.3 Å². The minimum absolute atomic E-state index is 0.00909. The van der Waals surface area contributed by atoms with Gasteiger partial charge in [-0.1, -0.05) is 45.3 Å². The van der Waals surface area contributed by atoms with E-state index in [1.165, 1.54) is 0 Å². The number of hydrogen-bond donors (Lipinski definition) is 1. The Labute approximate surface area is 234 Å². The van der Waals surface area contributed by atoms with Crippen molar-refractivity contribution in [2.75, 3.05) is 32.8 Å². The van der Waals surface area contributed by atoms with E-state index in [1.54, 1.807) is 23.9 Å². The van der Waals surface area contributed by atoms with Gasteiger partial charge in [-0.05, 0) is 45.4 Å². The largest absolute Gasteiger partial charge is 0.396 e. The van der Waals surface area contributed by atoms with E-state index in [9.17, 15) is 14.4 Å². The molecule has 3 unspecified atom stereocenters. The molecule has 0 aromatic rings. The molecule has 3 aliphatic heterocycles. The Balaban J connectivity index is 1.98. The van der Waals surface area contributed by atoms with Crippen molar-refractivity contribution >= 4 is 29.5 Å². The number of unbranched alkanes of at least 4 members (excludes halogenated alkanes) is 3. The third-order valence-electron chi connectivity index (χ3n) is 8.63. The van der Waals surface area contributed by atoms with Crippen molar-refractivity contribution in [3.8, 4) is 0 Å². The first-order valence-corrected chi connectivity index (χ1v) is 15.6. The van der Waals surface area contributed by atoms with Crippen LogP contribution in [-0.2, 0) is 14.4 Å². The van der Waals surface area contributed by atoms with Crippen LogP contribution in [0.4, 0.5) is 0 Å². The molecule has 38 heavy (non-hydrogen) atoms. The van der Waals surface area contributed by atoms with Gasteiger partial charge in [-0.15, -0.1) is 24.9 Å². The Morgan fingerprint density at radius 1 is 1.13 bits per heavy atom. The number of rotatable bonds is 17. The number of nitrogens with zero attached hydrogens (tertiary/aromatic N) is 3. The molecule has 0 aromatic heterocycles. The normalized spacial score (nSPS) is 28.3. The highest BCUT2D eigenvalue weighted by Crippen LogP contribution is 2.66. The van der Waals surface area contributed by atoms with Gasteiger partial charge in [0.25, 0.3) is 0 Å². The molecule has 3 amide bonds. The summed E-state index contributed by atoms with van der Waals surface area (Å²) in [6.45, 7) is 16.3. The van der Waals surface area contributed by atoms with E-state index in [2.05, 4.69) is 33.9 Å². The van der Waals surface area contributed by atoms with E-state index in [0.29, 0.717) is 26.2 Å². The second kappa shape index (κ2) is 14.0. The van der Waals surface area contributed by atoms with Crippen molar-refractivity contribution in [1.82, 2.24) is 14.7 Å². The zero-order valence-electron chi connectivity index (χ0n) is 23.8. The molecule has 0 aromatic carbocycles. The maximum atomic E-state index is 14.4. The topological polar surface area (TPSA) is 81.2 Å². The molecule has 8 heteroatoms. The van der Waals surface area contributed by atoms with E-state index < -0.39 is 16.7 Å². The van der Waals surface area contributed by atoms with Gasteiger partial charge >= 0.3 is 0 Å². The Morgan fingerprint density at radius 2 is 1.84 bits per heavy atom. The lowest BCUT2D eigenvalue weighted by molar-refractivity contribution is -0.145. The van der Waals surface area contributed by atoms with Crippen molar-refractivity contribution in [2.24, 2.45) is 11.8 Å². The molecule has 6 atom stereocenters. The molecule has 7 nitrogen and oxygen atoms in total. The summed E-state index contributed by atoms with van der Waals surface area (Å²) in [6.07, 6.45) is 11.2. The molecule has 3 rings (SSSR count). The summed E-state index contributed by atoms with van der Waals surface area (Å²) >= 11 is 1.75. The SMILES string of the molecule is C=CCN(CCC)C(=O)[C@@H]1[C@H]2C(=O)N(CCCCCCO)C(C(=O)N(CC=C)C(C)CCC)C23CC[C@H]1S3. The Morgan fingerprint density at radius 3 is 2.47 bits per heavy atom. The number of thioether (sulfide) groups is 1. The van der Waals surface area contributed by atoms with Gasteiger partial charge in [-0.25, -0.2) is 0 Å². The summed E-state index contributed by atoms with van der Waals surface area (Å²) in [5, 5.41) is 9.23. The van der Waals surface area contributed by atoms with Gasteiger partial charge in [-0.2, -0.15) is 0 Å². The summed E-state index contributed by atoms with van der Waals surface area (Å²) in [5.74, 6) is -0.808. The zero-order valence-corrected chi connectivity index (χ0v) is 24.6. The first-order chi connectivity index (χ1) is 18.3. The second-order valence-corrected chi connectivity index (χ2v) is 12.8. The van der Waals surface area contributed by atoms with Crippen LogP contribution >= 0.6 is 11.8 Å². The minimum atomic E-state index is -0.554. The lowest BCUT2D eigenvalue weighted by Gasteiger charge is -2.39. The highest BCUT2D eigenvalue weighted by Gasteiger charge is 2.74. The molecule has 3 aliphatic rings. The molecule has 0 aliphatic carbocycles. The van der Waals surface area contributed by atoms with Gasteiger partial charge in [0, 0.05) is 44.1 Å². The molecule has 0 saturated carbocycles. The minimum Gasteiger partial charge on any atom is -0.396 e. The highest BCUT2D eigenvalue weighted by molar-refractivity contribution is 8.02. The molecule has 3 fully saturated rings. The van der Waals surface area contributed by atoms with Crippen LogP contribution in [0.3, 0.4) is 0 Å². The smallest absolute Gasteiger partial charge is 0.247 e. The number of amides is 3. The fraction of sp³-hybridized carbons (Fsp3) is 0.767. The summed E-state index contributed by atoms with van der Waals surface area (Å²) < 4.78 is -0.554. The summed E-state index contributed by atoms with van der Waals surface area (Å²) in [5.41, 5.74) is 0. The quantitative estimate of drug-likeness (QED) is 0.217. The van der Waals surface area contributed by atoms with Crippen molar-refractivity contribution in [2.45, 2.75) is 101 Å². The molecule has 1 spiro atoms. The molecule has 1 N–H and O–H groups in total. The number of aliphatic hydroxyl groups excluding tert-OH is 1. The fourth-order valence-corrected chi connectivity index (χ4v) is 9.19. The van der Waals surface area contributed by atoms with Crippen molar-refractivity contribution in [3.63, 3.8) is 0 Å². The van der Waals surface area contributed by atoms with Crippen LogP contribution in [0.15, 0.2) is 25.3 Å². The van der Waals surface area contributed by atoms with Crippen molar-refractivity contribution in [1.29, 1.82) is 0 Å². The third-order valence-corrected chi connectivity index (χ3v) is 10.6. The zero-order chi connectivity index (χ0) is 27.9. The maximum Gasteiger partial charge on any atom is 0.247 e. The molecular weight excluding hydrogens is 498 g/mol. The predicted octanol–water partition coefficient (Wildman–Crippen LogP) is 4.26. The van der Waals surface area contributed by atoms with Crippen LogP contribution in [-0.4, -0.2) is 92.4 Å². The van der Waals surface area contributed by atoms with Gasteiger partial charge in [0.05, 0.1) is 16.6 Å². The first kappa shape index (κ1) is 30.7. The molecule has 214 valence electrons. The lowest BCUT2D eigenvalue weighted by atomic mass is 9.70. The Hall–Kier alpha value is -1.80. The van der Waals surface area contributed by atoms with Crippen LogP contribution < -0.4 is 0 Å². The highest BCUT2D eigenvalue weighted by atomic mass is 32.2. The summed E-state index contributed by atoms with van der Waals surface area (Å²) in [7, 11) is 0. The van der Waals surface area contributed by atoms with Crippen LogP contribution in [0.1, 0.15) is 78.6 Å². The molecule has 2 bridgehead atoms. The molecular formula is C30H49N3O4S. The van der Waals surface area contributed by atoms with Crippen LogP contribution in [0.5, 0.6) is 0 Å². The monoisotopic (exact) mass is 547 g/mol. The predicted molar refractivity (Wildman–Crippen MR) is 155 cm³/mol. The molecule has 0 radical (unpaired) electrons. The van der Waals surface area contributed by atoms with Crippen molar-refractivity contribution < 1.29 is 19.5 Å². The Kier molecular flexibility index (Phi) is 11.3. The van der Waals surface area contributed by atoms with Gasteiger partial charge in [-0.3, -0.25) is 14.4 Å². The fourth-order valence-electron chi connectivity index (χ4n) is 6.99. The van der Waals surface area contributed by atoms with Gasteiger partial charge in [0.1, 0.15) is 6.04 Å². The van der Waals surface area contributed by atoms with Gasteiger partial charge in [0.2, 0.25) is 17.7 Å². The number of carbonyl (C=O) groups is 3. The van der Waals surface area contributed by atoms with E-state index in [4.69, 9.17) is 5.11 Å². The van der Waals surface area contributed by atoms with E-state index in [1.807, 2.05) is 14.7 Å². The van der Waals surface area contributed by atoms with Crippen LogP contribution in [0.2, 0.25) is 0 Å². The lowest BCUT2D eigenvalue weighted by Crippen LogP contribution is -2.56. The Bertz CT molecular complexity index is 866. The second-order valence-electron chi connectivity index (χ2n) is 11.2. The van der Waals surface area contributed by atoms with Gasteiger partial charge in [0.15, 0.2) is 0 Å². The maximum absolute atomic E-state index is 14.4. The number of likely N-dealkylation sites (tertiary alicyclic amines) is 1. The van der Waals surface area contributed by atoms with Crippen LogP contribution in [0.25, 0.3) is 0 Å². The average Bonchev–Trinajstić information content (AvgIpc) is 3.54. The average molecular weight is 548 g/mol. The number of aliphatic hydroxyl groups is 1. The first-order valence-electron chi connectivity index (χ1n) is 14.7. The van der Waals surface area contributed by atoms with E-state index >= 15 is 0 Å². The molecule has 3 saturated heterocycles. The number of fused-ring (bicyclic) bond motifs is 1. The third kappa shape index (κ3) is 5.86. The summed E-state index contributed by atoms with van der Waals surface area (Å²) in [4.78, 5) is 48.1. The molecule has 3 heterocycles. The van der Waals surface area contributed by atoms with Gasteiger partial charge < -0.3 is 19.8 Å². The van der Waals surface area contributed by atoms with E-state index in [-0.39, 0.29) is 41.5 Å². The van der Waals surface area contributed by atoms with E-state index in [0.717, 1.165) is 57.8 Å².